The van der Waals surface area contributed by atoms with Crippen LogP contribution in [0.2, 0.25) is 0 Å². The van der Waals surface area contributed by atoms with E-state index < -0.39 is 0 Å². The van der Waals surface area contributed by atoms with Gasteiger partial charge in [-0.25, -0.2) is 4.98 Å². The van der Waals surface area contributed by atoms with Gasteiger partial charge in [-0.05, 0) is 6.42 Å². The van der Waals surface area contributed by atoms with Crippen LogP contribution in [0.1, 0.15) is 19.3 Å². The van der Waals surface area contributed by atoms with Crippen LogP contribution in [0.5, 0.6) is 11.6 Å². The molecule has 76 valence electrons. The standard InChI is InChI=1S/C10H8N2O3/c13-6-2-1-3-7-9(6)14-8-4-11-5-12-10(8)15-7/h4-5H,1-3H2. The molecule has 0 atom stereocenters. The third kappa shape index (κ3) is 1.27. The number of ether oxygens (including phenoxy) is 2. The van der Waals surface area contributed by atoms with Gasteiger partial charge in [0.2, 0.25) is 17.3 Å². The van der Waals surface area contributed by atoms with E-state index in [9.17, 15) is 4.79 Å². The molecule has 1 aliphatic carbocycles. The predicted molar refractivity (Wildman–Crippen MR) is 49.2 cm³/mol. The molecular weight excluding hydrogens is 196 g/mol. The lowest BCUT2D eigenvalue weighted by Crippen LogP contribution is -2.23. The second kappa shape index (κ2) is 3.05. The molecule has 0 radical (unpaired) electrons. The Morgan fingerprint density at radius 3 is 3.13 bits per heavy atom. The monoisotopic (exact) mass is 204 g/mol. The third-order valence-electron chi connectivity index (χ3n) is 2.39. The van der Waals surface area contributed by atoms with Crippen molar-refractivity contribution in [3.8, 4) is 11.6 Å². The Labute approximate surface area is 85.7 Å². The van der Waals surface area contributed by atoms with Crippen LogP contribution >= 0.6 is 0 Å². The molecule has 15 heavy (non-hydrogen) atoms. The molecule has 2 aliphatic rings. The molecule has 1 aliphatic heterocycles. The number of hydrogen-bond donors (Lipinski definition) is 0. The summed E-state index contributed by atoms with van der Waals surface area (Å²) in [5, 5.41) is 0. The largest absolute Gasteiger partial charge is 0.443 e. The molecule has 1 aromatic heterocycles. The Morgan fingerprint density at radius 1 is 1.27 bits per heavy atom. The summed E-state index contributed by atoms with van der Waals surface area (Å²) in [4.78, 5) is 19.3. The average molecular weight is 204 g/mol. The smallest absolute Gasteiger partial charge is 0.266 e. The third-order valence-corrected chi connectivity index (χ3v) is 2.39. The minimum Gasteiger partial charge on any atom is -0.443 e. The molecular formula is C10H8N2O3. The summed E-state index contributed by atoms with van der Waals surface area (Å²) in [7, 11) is 0. The molecule has 0 unspecified atom stereocenters. The number of allylic oxidation sites excluding steroid dienone is 2. The number of aromatic nitrogens is 2. The summed E-state index contributed by atoms with van der Waals surface area (Å²) in [6.45, 7) is 0. The lowest BCUT2D eigenvalue weighted by atomic mass is 10.0. The van der Waals surface area contributed by atoms with Crippen LogP contribution in [-0.4, -0.2) is 15.8 Å². The summed E-state index contributed by atoms with van der Waals surface area (Å²) in [5.41, 5.74) is 0. The maximum Gasteiger partial charge on any atom is 0.266 e. The van der Waals surface area contributed by atoms with Crippen LogP contribution < -0.4 is 9.47 Å². The minimum absolute atomic E-state index is 0.00856. The maximum atomic E-state index is 11.5. The number of carbonyl (C=O) groups excluding carboxylic acids is 1. The van der Waals surface area contributed by atoms with Crippen molar-refractivity contribution in [2.24, 2.45) is 0 Å². The van der Waals surface area contributed by atoms with E-state index in [1.165, 1.54) is 12.5 Å². The Hall–Kier alpha value is -1.91. The minimum atomic E-state index is -0.00856. The first-order valence-electron chi connectivity index (χ1n) is 4.76. The number of ketones is 1. The highest BCUT2D eigenvalue weighted by atomic mass is 16.6. The number of carbonyl (C=O) groups is 1. The molecule has 1 aromatic rings. The van der Waals surface area contributed by atoms with Gasteiger partial charge in [0.15, 0.2) is 5.76 Å². The van der Waals surface area contributed by atoms with E-state index in [2.05, 4.69) is 9.97 Å². The SMILES string of the molecule is O=C1CCCC2=C1Oc1cncnc1O2. The summed E-state index contributed by atoms with van der Waals surface area (Å²) in [5.74, 6) is 1.71. The Balaban J connectivity index is 2.04. The molecule has 0 N–H and O–H groups in total. The zero-order valence-corrected chi connectivity index (χ0v) is 7.90. The van der Waals surface area contributed by atoms with Gasteiger partial charge in [-0.3, -0.25) is 4.79 Å². The van der Waals surface area contributed by atoms with E-state index in [4.69, 9.17) is 9.47 Å². The Kier molecular flexibility index (Phi) is 1.71. The fraction of sp³-hybridized carbons (Fsp3) is 0.300. The molecule has 2 heterocycles. The molecule has 0 spiro atoms. The van der Waals surface area contributed by atoms with Crippen molar-refractivity contribution in [3.63, 3.8) is 0 Å². The average Bonchev–Trinajstić information content (AvgIpc) is 2.27. The van der Waals surface area contributed by atoms with Crippen LogP contribution in [0.15, 0.2) is 24.0 Å². The first-order chi connectivity index (χ1) is 7.34. The highest BCUT2D eigenvalue weighted by molar-refractivity contribution is 5.95. The van der Waals surface area contributed by atoms with E-state index in [-0.39, 0.29) is 5.78 Å². The summed E-state index contributed by atoms with van der Waals surface area (Å²) < 4.78 is 10.9. The fourth-order valence-corrected chi connectivity index (χ4v) is 1.68. The van der Waals surface area contributed by atoms with Gasteiger partial charge in [-0.1, -0.05) is 0 Å². The highest BCUT2D eigenvalue weighted by Gasteiger charge is 2.30. The van der Waals surface area contributed by atoms with Gasteiger partial charge in [0.1, 0.15) is 6.33 Å². The highest BCUT2D eigenvalue weighted by Crippen LogP contribution is 2.36. The van der Waals surface area contributed by atoms with Crippen molar-refractivity contribution in [2.75, 3.05) is 0 Å². The first-order valence-corrected chi connectivity index (χ1v) is 4.76. The number of Topliss-reactive ketones (excluding diaryl/α,β-unsaturated/α-hetero) is 1. The molecule has 0 bridgehead atoms. The normalized spacial score (nSPS) is 18.8. The van der Waals surface area contributed by atoms with E-state index in [0.29, 0.717) is 29.6 Å². The van der Waals surface area contributed by atoms with Gasteiger partial charge < -0.3 is 9.47 Å². The molecule has 3 rings (SSSR count). The molecule has 5 nitrogen and oxygen atoms in total. The van der Waals surface area contributed by atoms with E-state index in [1.807, 2.05) is 0 Å². The fourth-order valence-electron chi connectivity index (χ4n) is 1.68. The Morgan fingerprint density at radius 2 is 2.20 bits per heavy atom. The van der Waals surface area contributed by atoms with Gasteiger partial charge in [0.25, 0.3) is 5.88 Å². The van der Waals surface area contributed by atoms with Crippen LogP contribution in [-0.2, 0) is 4.79 Å². The van der Waals surface area contributed by atoms with Crippen molar-refractivity contribution in [1.82, 2.24) is 9.97 Å². The predicted octanol–water partition coefficient (Wildman–Crippen LogP) is 1.21. The second-order valence-corrected chi connectivity index (χ2v) is 3.43. The van der Waals surface area contributed by atoms with Gasteiger partial charge >= 0.3 is 0 Å². The van der Waals surface area contributed by atoms with Crippen molar-refractivity contribution >= 4 is 5.78 Å². The van der Waals surface area contributed by atoms with Crippen molar-refractivity contribution < 1.29 is 14.3 Å². The number of hydrogen-bond acceptors (Lipinski definition) is 5. The van der Waals surface area contributed by atoms with Crippen molar-refractivity contribution in [2.45, 2.75) is 19.3 Å². The number of rotatable bonds is 0. The van der Waals surface area contributed by atoms with E-state index in [1.54, 1.807) is 0 Å². The maximum absolute atomic E-state index is 11.5. The molecule has 5 heteroatoms. The first kappa shape index (κ1) is 8.40. The Bertz CT molecular complexity index is 467. The van der Waals surface area contributed by atoms with Crippen molar-refractivity contribution in [1.29, 1.82) is 0 Å². The molecule has 0 saturated carbocycles. The van der Waals surface area contributed by atoms with Crippen LogP contribution in [0, 0.1) is 0 Å². The van der Waals surface area contributed by atoms with Gasteiger partial charge in [-0.15, -0.1) is 0 Å². The number of fused-ring (bicyclic) bond motifs is 1. The zero-order valence-electron chi connectivity index (χ0n) is 7.90. The van der Waals surface area contributed by atoms with Crippen LogP contribution in [0.4, 0.5) is 0 Å². The topological polar surface area (TPSA) is 61.3 Å². The lowest BCUT2D eigenvalue weighted by molar-refractivity contribution is -0.118. The van der Waals surface area contributed by atoms with E-state index >= 15 is 0 Å². The van der Waals surface area contributed by atoms with E-state index in [0.717, 1.165) is 12.8 Å². The summed E-state index contributed by atoms with van der Waals surface area (Å²) in [6, 6.07) is 0. The lowest BCUT2D eigenvalue weighted by Gasteiger charge is -2.24. The molecule has 0 amide bonds. The van der Waals surface area contributed by atoms with Crippen LogP contribution in [0.25, 0.3) is 0 Å². The molecule has 0 aromatic carbocycles. The quantitative estimate of drug-likeness (QED) is 0.635. The van der Waals surface area contributed by atoms with Gasteiger partial charge in [0, 0.05) is 12.8 Å². The number of nitrogens with zero attached hydrogens (tertiary/aromatic N) is 2. The molecule has 0 fully saturated rings. The molecule has 0 saturated heterocycles. The summed E-state index contributed by atoms with van der Waals surface area (Å²) in [6.07, 6.45) is 4.93. The zero-order chi connectivity index (χ0) is 10.3. The van der Waals surface area contributed by atoms with Gasteiger partial charge in [-0.2, -0.15) is 4.98 Å². The summed E-state index contributed by atoms with van der Waals surface area (Å²) >= 11 is 0. The van der Waals surface area contributed by atoms with Crippen LogP contribution in [0.3, 0.4) is 0 Å². The van der Waals surface area contributed by atoms with Gasteiger partial charge in [0.05, 0.1) is 6.20 Å². The van der Waals surface area contributed by atoms with Crippen molar-refractivity contribution in [3.05, 3.63) is 24.0 Å². The second-order valence-electron chi connectivity index (χ2n) is 3.43.